The third-order valence-corrected chi connectivity index (χ3v) is 4.91. The van der Waals surface area contributed by atoms with Crippen molar-refractivity contribution < 1.29 is 14.3 Å². The number of amides is 2. The van der Waals surface area contributed by atoms with Crippen molar-refractivity contribution in [1.29, 1.82) is 0 Å². The molecule has 2 aromatic carbocycles. The highest BCUT2D eigenvalue weighted by Crippen LogP contribution is 2.20. The number of para-hydroxylation sites is 1. The van der Waals surface area contributed by atoms with Crippen molar-refractivity contribution in [3.8, 4) is 5.75 Å². The third kappa shape index (κ3) is 5.54. The zero-order valence-electron chi connectivity index (χ0n) is 16.4. The van der Waals surface area contributed by atoms with E-state index in [-0.39, 0.29) is 16.9 Å². The van der Waals surface area contributed by atoms with Gasteiger partial charge in [-0.2, -0.15) is 0 Å². The molecule has 29 heavy (non-hydrogen) atoms. The minimum absolute atomic E-state index is 0.0200. The van der Waals surface area contributed by atoms with Crippen molar-refractivity contribution in [3.05, 3.63) is 59.7 Å². The second-order valence-corrected chi connectivity index (χ2v) is 7.17. The van der Waals surface area contributed by atoms with Crippen molar-refractivity contribution >= 4 is 34.8 Å². The van der Waals surface area contributed by atoms with E-state index in [1.165, 1.54) is 0 Å². The van der Waals surface area contributed by atoms with Crippen molar-refractivity contribution in [2.24, 2.45) is 0 Å². The Bertz CT molecular complexity index is 877. The normalized spacial score (nSPS) is 13.5. The Hall–Kier alpha value is -2.93. The lowest BCUT2D eigenvalue weighted by Crippen LogP contribution is -2.37. The highest BCUT2D eigenvalue weighted by molar-refractivity contribution is 7.80. The molecule has 1 aliphatic heterocycles. The van der Waals surface area contributed by atoms with Crippen LogP contribution in [0, 0.1) is 0 Å². The number of thiocarbonyl (C=S) groups is 1. The van der Waals surface area contributed by atoms with Crippen LogP contribution < -0.4 is 15.4 Å². The van der Waals surface area contributed by atoms with Crippen LogP contribution in [0.2, 0.25) is 0 Å². The van der Waals surface area contributed by atoms with E-state index in [1.54, 1.807) is 36.4 Å². The number of anilines is 1. The molecule has 152 valence electrons. The summed E-state index contributed by atoms with van der Waals surface area (Å²) in [6.07, 6.45) is 3.21. The summed E-state index contributed by atoms with van der Waals surface area (Å²) in [4.78, 5) is 27.2. The first kappa shape index (κ1) is 20.8. The number of rotatable bonds is 5. The molecular formula is C22H25N3O3S. The lowest BCUT2D eigenvalue weighted by Gasteiger charge is -2.27. The quantitative estimate of drug-likeness (QED) is 0.732. The summed E-state index contributed by atoms with van der Waals surface area (Å²) in [5.74, 6) is 0.355. The van der Waals surface area contributed by atoms with E-state index in [1.807, 2.05) is 24.0 Å². The Morgan fingerprint density at radius 2 is 1.72 bits per heavy atom. The van der Waals surface area contributed by atoms with Gasteiger partial charge in [0.05, 0.1) is 17.9 Å². The molecule has 1 aliphatic rings. The maximum Gasteiger partial charge on any atom is 0.257 e. The van der Waals surface area contributed by atoms with Crippen LogP contribution in [0.5, 0.6) is 5.75 Å². The minimum Gasteiger partial charge on any atom is -0.494 e. The summed E-state index contributed by atoms with van der Waals surface area (Å²) in [6.45, 7) is 4.01. The van der Waals surface area contributed by atoms with Gasteiger partial charge in [0.15, 0.2) is 5.11 Å². The van der Waals surface area contributed by atoms with Crippen LogP contribution >= 0.6 is 12.2 Å². The van der Waals surface area contributed by atoms with Crippen LogP contribution in [0.15, 0.2) is 48.5 Å². The lowest BCUT2D eigenvalue weighted by molar-refractivity contribution is 0.0725. The van der Waals surface area contributed by atoms with Gasteiger partial charge in [0.1, 0.15) is 5.75 Å². The number of carbonyl (C=O) groups excluding carboxylic acids is 2. The summed E-state index contributed by atoms with van der Waals surface area (Å²) in [5, 5.41) is 5.79. The predicted octanol–water partition coefficient (Wildman–Crippen LogP) is 3.84. The Balaban J connectivity index is 1.64. The standard InChI is InChI=1S/C22H25N3O3S/c1-2-28-17-12-10-16(11-13-17)20(26)24-22(29)23-19-9-5-4-8-18(19)21(27)25-14-6-3-7-15-25/h4-5,8-13H,2-3,6-7,14-15H2,1H3,(H2,23,24,26,29). The molecule has 0 atom stereocenters. The Kier molecular flexibility index (Phi) is 7.19. The van der Waals surface area contributed by atoms with Crippen molar-refractivity contribution in [2.75, 3.05) is 25.0 Å². The molecule has 2 N–H and O–H groups in total. The van der Waals surface area contributed by atoms with Gasteiger partial charge in [-0.3, -0.25) is 14.9 Å². The first-order chi connectivity index (χ1) is 14.1. The van der Waals surface area contributed by atoms with E-state index in [2.05, 4.69) is 10.6 Å². The van der Waals surface area contributed by atoms with Gasteiger partial charge >= 0.3 is 0 Å². The van der Waals surface area contributed by atoms with Crippen molar-refractivity contribution in [2.45, 2.75) is 26.2 Å². The Morgan fingerprint density at radius 3 is 2.41 bits per heavy atom. The molecule has 0 saturated carbocycles. The molecule has 2 amide bonds. The van der Waals surface area contributed by atoms with Gasteiger partial charge in [-0.15, -0.1) is 0 Å². The fraction of sp³-hybridized carbons (Fsp3) is 0.318. The molecule has 0 spiro atoms. The van der Waals surface area contributed by atoms with E-state index in [0.29, 0.717) is 29.2 Å². The topological polar surface area (TPSA) is 70.7 Å². The van der Waals surface area contributed by atoms with Crippen LogP contribution in [0.3, 0.4) is 0 Å². The van der Waals surface area contributed by atoms with E-state index < -0.39 is 0 Å². The zero-order chi connectivity index (χ0) is 20.6. The summed E-state index contributed by atoms with van der Waals surface area (Å²) in [6, 6.07) is 14.0. The number of benzene rings is 2. The predicted molar refractivity (Wildman–Crippen MR) is 117 cm³/mol. The maximum atomic E-state index is 12.9. The number of ether oxygens (including phenoxy) is 1. The average Bonchev–Trinajstić information content (AvgIpc) is 2.75. The number of nitrogens with zero attached hydrogens (tertiary/aromatic N) is 1. The smallest absolute Gasteiger partial charge is 0.257 e. The summed E-state index contributed by atoms with van der Waals surface area (Å²) >= 11 is 5.29. The van der Waals surface area contributed by atoms with Crippen LogP contribution in [0.25, 0.3) is 0 Å². The van der Waals surface area contributed by atoms with Gasteiger partial charge in [0.25, 0.3) is 11.8 Å². The zero-order valence-corrected chi connectivity index (χ0v) is 17.3. The molecule has 1 fully saturated rings. The van der Waals surface area contributed by atoms with Gasteiger partial charge in [-0.05, 0) is 74.8 Å². The first-order valence-electron chi connectivity index (χ1n) is 9.82. The SMILES string of the molecule is CCOc1ccc(C(=O)NC(=S)Nc2ccccc2C(=O)N2CCCCC2)cc1. The number of hydrogen-bond acceptors (Lipinski definition) is 4. The van der Waals surface area contributed by atoms with Crippen LogP contribution in [-0.2, 0) is 0 Å². The largest absolute Gasteiger partial charge is 0.494 e. The lowest BCUT2D eigenvalue weighted by atomic mass is 10.1. The Morgan fingerprint density at radius 1 is 1.03 bits per heavy atom. The number of hydrogen-bond donors (Lipinski definition) is 2. The first-order valence-corrected chi connectivity index (χ1v) is 10.2. The number of nitrogens with one attached hydrogen (secondary N) is 2. The molecule has 1 saturated heterocycles. The molecular weight excluding hydrogens is 386 g/mol. The van der Waals surface area contributed by atoms with Gasteiger partial charge in [-0.1, -0.05) is 12.1 Å². The second kappa shape index (κ2) is 10.0. The van der Waals surface area contributed by atoms with Gasteiger partial charge in [0, 0.05) is 18.7 Å². The highest BCUT2D eigenvalue weighted by Gasteiger charge is 2.21. The Labute approximate surface area is 176 Å². The number of piperidine rings is 1. The van der Waals surface area contributed by atoms with Crippen LogP contribution in [0.4, 0.5) is 5.69 Å². The maximum absolute atomic E-state index is 12.9. The minimum atomic E-state index is -0.328. The van der Waals surface area contributed by atoms with Crippen molar-refractivity contribution in [3.63, 3.8) is 0 Å². The van der Waals surface area contributed by atoms with Gasteiger partial charge < -0.3 is 15.0 Å². The molecule has 0 unspecified atom stereocenters. The van der Waals surface area contributed by atoms with Gasteiger partial charge in [0.2, 0.25) is 0 Å². The fourth-order valence-electron chi connectivity index (χ4n) is 3.24. The molecule has 1 heterocycles. The molecule has 7 heteroatoms. The molecule has 0 aromatic heterocycles. The monoisotopic (exact) mass is 411 g/mol. The molecule has 0 aliphatic carbocycles. The van der Waals surface area contributed by atoms with Crippen LogP contribution in [-0.4, -0.2) is 41.5 Å². The van der Waals surface area contributed by atoms with Crippen molar-refractivity contribution in [1.82, 2.24) is 10.2 Å². The fourth-order valence-corrected chi connectivity index (χ4v) is 3.45. The third-order valence-electron chi connectivity index (χ3n) is 4.70. The van der Waals surface area contributed by atoms with E-state index in [0.717, 1.165) is 32.4 Å². The number of likely N-dealkylation sites (tertiary alicyclic amines) is 1. The molecule has 6 nitrogen and oxygen atoms in total. The molecule has 3 rings (SSSR count). The highest BCUT2D eigenvalue weighted by atomic mass is 32.1. The second-order valence-electron chi connectivity index (χ2n) is 6.76. The van der Waals surface area contributed by atoms with E-state index in [9.17, 15) is 9.59 Å². The van der Waals surface area contributed by atoms with E-state index in [4.69, 9.17) is 17.0 Å². The molecule has 0 radical (unpaired) electrons. The summed E-state index contributed by atoms with van der Waals surface area (Å²) < 4.78 is 5.38. The summed E-state index contributed by atoms with van der Waals surface area (Å²) in [7, 11) is 0. The van der Waals surface area contributed by atoms with Crippen LogP contribution in [0.1, 0.15) is 46.9 Å². The number of carbonyl (C=O) groups is 2. The van der Waals surface area contributed by atoms with E-state index >= 15 is 0 Å². The molecule has 0 bridgehead atoms. The van der Waals surface area contributed by atoms with Gasteiger partial charge in [-0.25, -0.2) is 0 Å². The average molecular weight is 412 g/mol. The molecule has 2 aromatic rings. The summed E-state index contributed by atoms with van der Waals surface area (Å²) in [5.41, 5.74) is 1.60.